The second kappa shape index (κ2) is 6.81. The third-order valence-electron chi connectivity index (χ3n) is 4.42. The van der Waals surface area contributed by atoms with Crippen molar-refractivity contribution in [2.24, 2.45) is 0 Å². The van der Waals surface area contributed by atoms with Crippen LogP contribution in [0.1, 0.15) is 33.8 Å². The van der Waals surface area contributed by atoms with Crippen molar-refractivity contribution in [2.45, 2.75) is 44.4 Å². The Hall–Kier alpha value is -1.26. The summed E-state index contributed by atoms with van der Waals surface area (Å²) in [7, 11) is -3.11. The molecule has 2 aliphatic rings. The van der Waals surface area contributed by atoms with E-state index in [2.05, 4.69) is 10.1 Å². The predicted molar refractivity (Wildman–Crippen MR) is 88.1 cm³/mol. The smallest absolute Gasteiger partial charge is 0.387 e. The molecule has 0 aliphatic carbocycles. The van der Waals surface area contributed by atoms with Gasteiger partial charge in [-0.15, -0.1) is 11.3 Å². The molecule has 140 valence electrons. The van der Waals surface area contributed by atoms with Crippen LogP contribution in [-0.2, 0) is 14.6 Å². The van der Waals surface area contributed by atoms with Crippen LogP contribution in [0, 0.1) is 6.92 Å². The van der Waals surface area contributed by atoms with E-state index in [4.69, 9.17) is 4.74 Å². The lowest BCUT2D eigenvalue weighted by molar-refractivity contribution is -0.0691. The van der Waals surface area contributed by atoms with Gasteiger partial charge in [0, 0.05) is 17.5 Å². The van der Waals surface area contributed by atoms with Gasteiger partial charge in [-0.3, -0.25) is 4.79 Å². The van der Waals surface area contributed by atoms with Crippen molar-refractivity contribution < 1.29 is 31.5 Å². The molecular formula is C15H19F2NO5S2. The van der Waals surface area contributed by atoms with E-state index >= 15 is 0 Å². The molecule has 1 spiro atoms. The molecular weight excluding hydrogens is 376 g/mol. The number of hydrogen-bond donors (Lipinski definition) is 1. The standard InChI is InChI=1S/C15H19F2NO5S2/c1-9-6-11(23-14(16)17)12(24-9)13(19)18-10-2-4-22-15(7-10)3-5-25(20,21)8-15/h6,10,14H,2-5,7-8H2,1H3,(H,18,19)/t10-,15+/m1/s1. The maximum atomic E-state index is 12.5. The second-order valence-electron chi connectivity index (χ2n) is 6.47. The Morgan fingerprint density at radius 2 is 2.28 bits per heavy atom. The Morgan fingerprint density at radius 3 is 2.92 bits per heavy atom. The van der Waals surface area contributed by atoms with E-state index in [9.17, 15) is 22.0 Å². The number of nitrogens with one attached hydrogen (secondary N) is 1. The van der Waals surface area contributed by atoms with Crippen molar-refractivity contribution in [1.82, 2.24) is 5.32 Å². The van der Waals surface area contributed by atoms with Crippen LogP contribution in [0.5, 0.6) is 5.75 Å². The molecule has 0 radical (unpaired) electrons. The van der Waals surface area contributed by atoms with Crippen molar-refractivity contribution in [2.75, 3.05) is 18.1 Å². The quantitative estimate of drug-likeness (QED) is 0.845. The average molecular weight is 395 g/mol. The monoisotopic (exact) mass is 395 g/mol. The van der Waals surface area contributed by atoms with Crippen LogP contribution in [0.15, 0.2) is 6.07 Å². The summed E-state index contributed by atoms with van der Waals surface area (Å²) in [6.07, 6.45) is 1.36. The van der Waals surface area contributed by atoms with Crippen molar-refractivity contribution >= 4 is 27.1 Å². The Labute approximate surface area is 148 Å². The molecule has 3 rings (SSSR count). The van der Waals surface area contributed by atoms with E-state index in [1.165, 1.54) is 6.07 Å². The fourth-order valence-corrected chi connectivity index (χ4v) is 6.22. The SMILES string of the molecule is Cc1cc(OC(F)F)c(C(=O)N[C@@H]2CCO[C@@]3(CCS(=O)(=O)C3)C2)s1. The number of halogens is 2. The maximum absolute atomic E-state index is 12.5. The summed E-state index contributed by atoms with van der Waals surface area (Å²) in [5.41, 5.74) is -0.747. The number of thiophene rings is 1. The van der Waals surface area contributed by atoms with E-state index in [0.29, 0.717) is 30.7 Å². The predicted octanol–water partition coefficient (Wildman–Crippen LogP) is 2.12. The molecule has 3 heterocycles. The van der Waals surface area contributed by atoms with Gasteiger partial charge in [-0.2, -0.15) is 8.78 Å². The number of sulfone groups is 1. The summed E-state index contributed by atoms with van der Waals surface area (Å²) in [6, 6.07) is 1.14. The summed E-state index contributed by atoms with van der Waals surface area (Å²) in [4.78, 5) is 13.3. The third-order valence-corrected chi connectivity index (χ3v) is 7.25. The summed E-state index contributed by atoms with van der Waals surface area (Å²) in [5.74, 6) is -0.578. The first-order valence-electron chi connectivity index (χ1n) is 7.89. The normalized spacial score (nSPS) is 28.4. The molecule has 1 aromatic heterocycles. The van der Waals surface area contributed by atoms with Gasteiger partial charge in [-0.1, -0.05) is 0 Å². The molecule has 2 fully saturated rings. The van der Waals surface area contributed by atoms with Gasteiger partial charge in [0.05, 0.1) is 17.1 Å². The fourth-order valence-electron chi connectivity index (χ4n) is 3.40. The lowest BCUT2D eigenvalue weighted by atomic mass is 9.90. The highest BCUT2D eigenvalue weighted by Crippen LogP contribution is 2.36. The zero-order valence-corrected chi connectivity index (χ0v) is 15.2. The van der Waals surface area contributed by atoms with Gasteiger partial charge in [-0.05, 0) is 32.3 Å². The molecule has 2 atom stereocenters. The molecule has 25 heavy (non-hydrogen) atoms. The maximum Gasteiger partial charge on any atom is 0.387 e. The number of hydrogen-bond acceptors (Lipinski definition) is 6. The van der Waals surface area contributed by atoms with Crippen molar-refractivity contribution in [3.63, 3.8) is 0 Å². The van der Waals surface area contributed by atoms with Crippen LogP contribution in [0.4, 0.5) is 8.78 Å². The van der Waals surface area contributed by atoms with Crippen molar-refractivity contribution in [1.29, 1.82) is 0 Å². The lowest BCUT2D eigenvalue weighted by Crippen LogP contribution is -2.49. The minimum absolute atomic E-state index is 0.0375. The fraction of sp³-hybridized carbons (Fsp3) is 0.667. The first-order chi connectivity index (χ1) is 11.7. The molecule has 6 nitrogen and oxygen atoms in total. The van der Waals surface area contributed by atoms with Gasteiger partial charge >= 0.3 is 6.61 Å². The molecule has 0 bridgehead atoms. The van der Waals surface area contributed by atoms with E-state index in [1.54, 1.807) is 6.92 Å². The van der Waals surface area contributed by atoms with E-state index in [-0.39, 0.29) is 28.2 Å². The number of aryl methyl sites for hydroxylation is 1. The van der Waals surface area contributed by atoms with Crippen LogP contribution in [0.3, 0.4) is 0 Å². The summed E-state index contributed by atoms with van der Waals surface area (Å²) >= 11 is 1.08. The van der Waals surface area contributed by atoms with Crippen LogP contribution in [0.25, 0.3) is 0 Å². The number of carbonyl (C=O) groups is 1. The molecule has 2 aliphatic heterocycles. The Bertz CT molecular complexity index is 764. The van der Waals surface area contributed by atoms with Crippen molar-refractivity contribution in [3.05, 3.63) is 15.8 Å². The van der Waals surface area contributed by atoms with Gasteiger partial charge in [0.2, 0.25) is 0 Å². The molecule has 1 aromatic rings. The van der Waals surface area contributed by atoms with Gasteiger partial charge in [-0.25, -0.2) is 8.42 Å². The van der Waals surface area contributed by atoms with Gasteiger partial charge in [0.15, 0.2) is 9.84 Å². The van der Waals surface area contributed by atoms with Crippen LogP contribution < -0.4 is 10.1 Å². The molecule has 0 saturated carbocycles. The lowest BCUT2D eigenvalue weighted by Gasteiger charge is -2.37. The number of carbonyl (C=O) groups excluding carboxylic acids is 1. The third kappa shape index (κ3) is 4.29. The largest absolute Gasteiger partial charge is 0.433 e. The highest BCUT2D eigenvalue weighted by Gasteiger charge is 2.46. The average Bonchev–Trinajstić information content (AvgIpc) is 2.98. The molecule has 0 unspecified atom stereocenters. The number of ether oxygens (including phenoxy) is 2. The van der Waals surface area contributed by atoms with Crippen LogP contribution in [0.2, 0.25) is 0 Å². The topological polar surface area (TPSA) is 81.7 Å². The molecule has 0 aromatic carbocycles. The second-order valence-corrected chi connectivity index (χ2v) is 9.91. The minimum Gasteiger partial charge on any atom is -0.433 e. The Morgan fingerprint density at radius 1 is 1.52 bits per heavy atom. The van der Waals surface area contributed by atoms with Gasteiger partial charge in [0.1, 0.15) is 10.6 Å². The zero-order valence-electron chi connectivity index (χ0n) is 13.6. The summed E-state index contributed by atoms with van der Waals surface area (Å²) in [5, 5.41) is 2.81. The zero-order chi connectivity index (χ0) is 18.2. The first kappa shape index (κ1) is 18.5. The number of alkyl halides is 2. The number of rotatable bonds is 4. The Balaban J connectivity index is 1.69. The summed E-state index contributed by atoms with van der Waals surface area (Å²) < 4.78 is 58.6. The first-order valence-corrected chi connectivity index (χ1v) is 10.5. The van der Waals surface area contributed by atoms with E-state index in [0.717, 1.165) is 11.3 Å². The van der Waals surface area contributed by atoms with Crippen molar-refractivity contribution in [3.8, 4) is 5.75 Å². The highest BCUT2D eigenvalue weighted by atomic mass is 32.2. The minimum atomic E-state index is -3.11. The summed E-state index contributed by atoms with van der Waals surface area (Å²) in [6.45, 7) is -0.952. The molecule has 1 amide bonds. The van der Waals surface area contributed by atoms with E-state index in [1.807, 2.05) is 0 Å². The van der Waals surface area contributed by atoms with Crippen LogP contribution >= 0.6 is 11.3 Å². The van der Waals surface area contributed by atoms with E-state index < -0.39 is 28.0 Å². The highest BCUT2D eigenvalue weighted by molar-refractivity contribution is 7.91. The van der Waals surface area contributed by atoms with Crippen LogP contribution in [-0.4, -0.2) is 50.7 Å². The van der Waals surface area contributed by atoms with Gasteiger partial charge in [0.25, 0.3) is 5.91 Å². The molecule has 1 N–H and O–H groups in total. The molecule has 10 heteroatoms. The number of amides is 1. The molecule has 2 saturated heterocycles. The van der Waals surface area contributed by atoms with Gasteiger partial charge < -0.3 is 14.8 Å². The Kier molecular flexibility index (Phi) is 5.04.